The van der Waals surface area contributed by atoms with Gasteiger partial charge in [-0.3, -0.25) is 4.79 Å². The second-order valence-corrected chi connectivity index (χ2v) is 5.65. The molecule has 1 aromatic rings. The molecule has 2 unspecified atom stereocenters. The molecule has 0 saturated heterocycles. The van der Waals surface area contributed by atoms with Crippen molar-refractivity contribution in [3.63, 3.8) is 0 Å². The Bertz CT molecular complexity index is 456. The molecule has 1 aliphatic rings. The van der Waals surface area contributed by atoms with Crippen molar-refractivity contribution in [1.29, 1.82) is 0 Å². The molecule has 2 atom stereocenters. The smallest absolute Gasteiger partial charge is 0.165 e. The summed E-state index contributed by atoms with van der Waals surface area (Å²) in [6, 6.07) is 4.42. The predicted octanol–water partition coefficient (Wildman–Crippen LogP) is 4.23. The molecule has 1 fully saturated rings. The molecule has 2 rings (SSSR count). The van der Waals surface area contributed by atoms with Crippen LogP contribution < -0.4 is 4.74 Å². The summed E-state index contributed by atoms with van der Waals surface area (Å²) < 4.78 is 19.3. The van der Waals surface area contributed by atoms with Gasteiger partial charge in [-0.25, -0.2) is 4.39 Å². The van der Waals surface area contributed by atoms with Crippen LogP contribution in [0.25, 0.3) is 0 Å². The molecule has 2 nitrogen and oxygen atoms in total. The van der Waals surface area contributed by atoms with E-state index in [9.17, 15) is 9.18 Å². The number of hydrogen-bond acceptors (Lipinski definition) is 2. The first kappa shape index (κ1) is 14.0. The zero-order chi connectivity index (χ0) is 13.8. The Balaban J connectivity index is 1.94. The van der Waals surface area contributed by atoms with E-state index in [4.69, 9.17) is 4.74 Å². The molecule has 0 aliphatic heterocycles. The maximum atomic E-state index is 13.8. The minimum absolute atomic E-state index is 0.133. The quantitative estimate of drug-likeness (QED) is 0.760. The summed E-state index contributed by atoms with van der Waals surface area (Å²) in [6.45, 7) is 4.26. The van der Waals surface area contributed by atoms with Crippen LogP contribution in [0.3, 0.4) is 0 Å². The number of carbonyl (C=O) groups excluding carboxylic acids is 1. The Morgan fingerprint density at radius 3 is 2.84 bits per heavy atom. The molecule has 0 N–H and O–H groups in total. The number of carbonyl (C=O) groups is 1. The Morgan fingerprint density at radius 2 is 2.21 bits per heavy atom. The molecule has 1 aromatic carbocycles. The fourth-order valence-electron chi connectivity index (χ4n) is 2.76. The third-order valence-electron chi connectivity index (χ3n) is 3.86. The molecule has 1 saturated carbocycles. The normalized spacial score (nSPS) is 23.1. The lowest BCUT2D eigenvalue weighted by atomic mass is 9.83. The molecular weight excluding hydrogens is 243 g/mol. The van der Waals surface area contributed by atoms with Gasteiger partial charge in [0.25, 0.3) is 0 Å². The van der Waals surface area contributed by atoms with E-state index in [0.29, 0.717) is 18.1 Å². The lowest BCUT2D eigenvalue weighted by molar-refractivity contribution is 0.101. The SMILES string of the molecule is CC(=O)c1ccc(OCC2CCCC(C)C2)c(F)c1. The van der Waals surface area contributed by atoms with Crippen LogP contribution in [0.4, 0.5) is 4.39 Å². The molecule has 0 aromatic heterocycles. The van der Waals surface area contributed by atoms with E-state index in [1.807, 2.05) is 0 Å². The number of hydrogen-bond donors (Lipinski definition) is 0. The number of halogens is 1. The summed E-state index contributed by atoms with van der Waals surface area (Å²) in [4.78, 5) is 11.1. The lowest BCUT2D eigenvalue weighted by Gasteiger charge is -2.26. The first-order chi connectivity index (χ1) is 9.06. The number of ketones is 1. The second kappa shape index (κ2) is 6.18. The Labute approximate surface area is 114 Å². The topological polar surface area (TPSA) is 26.3 Å². The van der Waals surface area contributed by atoms with Gasteiger partial charge in [0.1, 0.15) is 0 Å². The zero-order valence-electron chi connectivity index (χ0n) is 11.6. The van der Waals surface area contributed by atoms with Crippen molar-refractivity contribution < 1.29 is 13.9 Å². The molecule has 19 heavy (non-hydrogen) atoms. The summed E-state index contributed by atoms with van der Waals surface area (Å²) in [6.07, 6.45) is 4.85. The van der Waals surface area contributed by atoms with Crippen LogP contribution in [0, 0.1) is 17.7 Å². The van der Waals surface area contributed by atoms with Gasteiger partial charge in [-0.15, -0.1) is 0 Å². The van der Waals surface area contributed by atoms with Crippen molar-refractivity contribution >= 4 is 5.78 Å². The van der Waals surface area contributed by atoms with Gasteiger partial charge in [0.2, 0.25) is 0 Å². The average Bonchev–Trinajstić information content (AvgIpc) is 2.37. The monoisotopic (exact) mass is 264 g/mol. The van der Waals surface area contributed by atoms with Crippen molar-refractivity contribution in [3.05, 3.63) is 29.6 Å². The molecule has 0 spiro atoms. The van der Waals surface area contributed by atoms with Gasteiger partial charge in [-0.05, 0) is 49.8 Å². The molecule has 0 amide bonds. The lowest BCUT2D eigenvalue weighted by Crippen LogP contribution is -2.20. The van der Waals surface area contributed by atoms with Gasteiger partial charge in [-0.1, -0.05) is 19.8 Å². The maximum absolute atomic E-state index is 13.8. The first-order valence-electron chi connectivity index (χ1n) is 6.99. The van der Waals surface area contributed by atoms with Gasteiger partial charge in [0, 0.05) is 5.56 Å². The fourth-order valence-corrected chi connectivity index (χ4v) is 2.76. The minimum atomic E-state index is -0.448. The van der Waals surface area contributed by atoms with Crippen LogP contribution in [-0.4, -0.2) is 12.4 Å². The fraction of sp³-hybridized carbons (Fsp3) is 0.562. The third kappa shape index (κ3) is 3.79. The molecule has 0 heterocycles. The van der Waals surface area contributed by atoms with Gasteiger partial charge in [-0.2, -0.15) is 0 Å². The highest BCUT2D eigenvalue weighted by Gasteiger charge is 2.20. The van der Waals surface area contributed by atoms with E-state index in [1.165, 1.54) is 25.8 Å². The van der Waals surface area contributed by atoms with Crippen molar-refractivity contribution in [1.82, 2.24) is 0 Å². The summed E-state index contributed by atoms with van der Waals surface area (Å²) in [5.74, 6) is 0.939. The third-order valence-corrected chi connectivity index (χ3v) is 3.86. The van der Waals surface area contributed by atoms with Crippen LogP contribution in [0.1, 0.15) is 49.9 Å². The Hall–Kier alpha value is -1.38. The molecule has 0 bridgehead atoms. The molecule has 3 heteroatoms. The predicted molar refractivity (Wildman–Crippen MR) is 73.0 cm³/mol. The second-order valence-electron chi connectivity index (χ2n) is 5.65. The van der Waals surface area contributed by atoms with Crippen LogP contribution in [-0.2, 0) is 0 Å². The standard InChI is InChI=1S/C16H21FO2/c1-11-4-3-5-13(8-11)10-19-16-7-6-14(12(2)18)9-15(16)17/h6-7,9,11,13H,3-5,8,10H2,1-2H3. The summed E-state index contributed by atoms with van der Waals surface area (Å²) in [5.41, 5.74) is 0.385. The van der Waals surface area contributed by atoms with Crippen LogP contribution in [0.5, 0.6) is 5.75 Å². The van der Waals surface area contributed by atoms with E-state index < -0.39 is 5.82 Å². The van der Waals surface area contributed by atoms with Crippen LogP contribution in [0.2, 0.25) is 0 Å². The molecule has 0 radical (unpaired) electrons. The zero-order valence-corrected chi connectivity index (χ0v) is 11.6. The minimum Gasteiger partial charge on any atom is -0.490 e. The summed E-state index contributed by atoms with van der Waals surface area (Å²) in [7, 11) is 0. The van der Waals surface area contributed by atoms with Gasteiger partial charge in [0.15, 0.2) is 17.3 Å². The van der Waals surface area contributed by atoms with E-state index in [-0.39, 0.29) is 11.5 Å². The van der Waals surface area contributed by atoms with Crippen LogP contribution in [0.15, 0.2) is 18.2 Å². The molecule has 104 valence electrons. The number of ether oxygens (including phenoxy) is 1. The number of benzene rings is 1. The van der Waals surface area contributed by atoms with Crippen molar-refractivity contribution in [2.75, 3.05) is 6.61 Å². The number of Topliss-reactive ketones (excluding diaryl/α,β-unsaturated/α-hetero) is 1. The Kier molecular flexibility index (Phi) is 4.56. The highest BCUT2D eigenvalue weighted by atomic mass is 19.1. The largest absolute Gasteiger partial charge is 0.490 e. The highest BCUT2D eigenvalue weighted by Crippen LogP contribution is 2.29. The van der Waals surface area contributed by atoms with Gasteiger partial charge < -0.3 is 4.74 Å². The van der Waals surface area contributed by atoms with E-state index in [2.05, 4.69) is 6.92 Å². The summed E-state index contributed by atoms with van der Waals surface area (Å²) in [5, 5.41) is 0. The molecule has 1 aliphatic carbocycles. The van der Waals surface area contributed by atoms with E-state index >= 15 is 0 Å². The van der Waals surface area contributed by atoms with E-state index in [1.54, 1.807) is 12.1 Å². The Morgan fingerprint density at radius 1 is 1.42 bits per heavy atom. The van der Waals surface area contributed by atoms with Crippen molar-refractivity contribution in [3.8, 4) is 5.75 Å². The number of rotatable bonds is 4. The average molecular weight is 264 g/mol. The van der Waals surface area contributed by atoms with Crippen molar-refractivity contribution in [2.24, 2.45) is 11.8 Å². The summed E-state index contributed by atoms with van der Waals surface area (Å²) >= 11 is 0. The maximum Gasteiger partial charge on any atom is 0.165 e. The highest BCUT2D eigenvalue weighted by molar-refractivity contribution is 5.94. The van der Waals surface area contributed by atoms with Gasteiger partial charge >= 0.3 is 0 Å². The van der Waals surface area contributed by atoms with E-state index in [0.717, 1.165) is 18.8 Å². The van der Waals surface area contributed by atoms with Crippen LogP contribution >= 0.6 is 0 Å². The van der Waals surface area contributed by atoms with Gasteiger partial charge in [0.05, 0.1) is 6.61 Å². The molecular formula is C16H21FO2. The first-order valence-corrected chi connectivity index (χ1v) is 6.99. The van der Waals surface area contributed by atoms with Crippen molar-refractivity contribution in [2.45, 2.75) is 39.5 Å².